The van der Waals surface area contributed by atoms with Gasteiger partial charge in [0.15, 0.2) is 0 Å². The summed E-state index contributed by atoms with van der Waals surface area (Å²) in [6.07, 6.45) is 0. The summed E-state index contributed by atoms with van der Waals surface area (Å²) in [6.45, 7) is 0. The second-order valence-corrected chi connectivity index (χ2v) is 4.07. The number of aromatic hydroxyl groups is 1. The van der Waals surface area contributed by atoms with Crippen molar-refractivity contribution in [2.45, 2.75) is 0 Å². The maximum atomic E-state index is 12.0. The van der Waals surface area contributed by atoms with Crippen LogP contribution in [-0.4, -0.2) is 24.1 Å². The molecule has 0 heterocycles. The lowest BCUT2D eigenvalue weighted by Gasteiger charge is -2.06. The molecule has 0 atom stereocenters. The normalized spacial score (nSPS) is 9.85. The number of phenolic OH excluding ortho intramolecular Hbond substituents is 1. The molecule has 2 aromatic carbocycles. The lowest BCUT2D eigenvalue weighted by molar-refractivity contribution is 0.0600. The third kappa shape index (κ3) is 3.14. The molecule has 0 aromatic heterocycles. The van der Waals surface area contributed by atoms with Crippen LogP contribution >= 0.6 is 0 Å². The number of ether oxygens (including phenoxy) is 1. The highest BCUT2D eigenvalue weighted by molar-refractivity contribution is 6.04. The first-order chi connectivity index (χ1) is 9.60. The number of anilines is 1. The molecule has 20 heavy (non-hydrogen) atoms. The Balaban J connectivity index is 2.09. The molecule has 0 aliphatic carbocycles. The zero-order valence-electron chi connectivity index (χ0n) is 10.8. The predicted octanol–water partition coefficient (Wildman–Crippen LogP) is 2.43. The third-order valence-electron chi connectivity index (χ3n) is 2.69. The fraction of sp³-hybridized carbons (Fsp3) is 0.0667. The maximum Gasteiger partial charge on any atom is 0.337 e. The summed E-state index contributed by atoms with van der Waals surface area (Å²) in [6, 6.07) is 12.3. The highest BCUT2D eigenvalue weighted by Crippen LogP contribution is 2.15. The topological polar surface area (TPSA) is 75.6 Å². The van der Waals surface area contributed by atoms with E-state index in [1.165, 1.54) is 31.4 Å². The van der Waals surface area contributed by atoms with Gasteiger partial charge in [-0.3, -0.25) is 4.79 Å². The van der Waals surface area contributed by atoms with Gasteiger partial charge in [0.25, 0.3) is 5.91 Å². The van der Waals surface area contributed by atoms with Crippen LogP contribution in [0.4, 0.5) is 5.69 Å². The van der Waals surface area contributed by atoms with Crippen LogP contribution in [0.3, 0.4) is 0 Å². The maximum absolute atomic E-state index is 12.0. The number of carbonyl (C=O) groups is 2. The molecule has 0 unspecified atom stereocenters. The number of benzene rings is 2. The van der Waals surface area contributed by atoms with Crippen LogP contribution in [0.1, 0.15) is 20.7 Å². The molecule has 0 spiro atoms. The van der Waals surface area contributed by atoms with Gasteiger partial charge in [-0.15, -0.1) is 0 Å². The summed E-state index contributed by atoms with van der Waals surface area (Å²) in [5.41, 5.74) is 1.38. The van der Waals surface area contributed by atoms with Crippen molar-refractivity contribution in [3.05, 3.63) is 59.7 Å². The Hall–Kier alpha value is -2.82. The summed E-state index contributed by atoms with van der Waals surface area (Å²) in [5.74, 6) is -0.618. The highest BCUT2D eigenvalue weighted by atomic mass is 16.5. The number of phenols is 1. The van der Waals surface area contributed by atoms with Gasteiger partial charge in [0.05, 0.1) is 12.7 Å². The van der Waals surface area contributed by atoms with Crippen molar-refractivity contribution in [3.8, 4) is 5.75 Å². The van der Waals surface area contributed by atoms with Crippen LogP contribution in [0.15, 0.2) is 48.5 Å². The summed E-state index contributed by atoms with van der Waals surface area (Å²) in [7, 11) is 1.30. The minimum atomic E-state index is -0.449. The molecular formula is C15H13NO4. The van der Waals surface area contributed by atoms with E-state index in [0.29, 0.717) is 16.8 Å². The van der Waals surface area contributed by atoms with Gasteiger partial charge < -0.3 is 15.2 Å². The number of hydrogen-bond donors (Lipinski definition) is 2. The van der Waals surface area contributed by atoms with Crippen LogP contribution in [0.25, 0.3) is 0 Å². The lowest BCUT2D eigenvalue weighted by Crippen LogP contribution is -2.12. The van der Waals surface area contributed by atoms with Gasteiger partial charge in [-0.2, -0.15) is 0 Å². The molecule has 1 amide bonds. The highest BCUT2D eigenvalue weighted by Gasteiger charge is 2.09. The van der Waals surface area contributed by atoms with E-state index in [9.17, 15) is 9.59 Å². The third-order valence-corrected chi connectivity index (χ3v) is 2.69. The molecule has 0 saturated heterocycles. The minimum absolute atomic E-state index is 0.130. The fourth-order valence-corrected chi connectivity index (χ4v) is 1.62. The molecule has 0 radical (unpaired) electrons. The average molecular weight is 271 g/mol. The summed E-state index contributed by atoms with van der Waals surface area (Å²) in [4.78, 5) is 23.2. The van der Waals surface area contributed by atoms with E-state index in [1.54, 1.807) is 24.3 Å². The second-order valence-electron chi connectivity index (χ2n) is 4.07. The Morgan fingerprint density at radius 3 is 2.05 bits per heavy atom. The van der Waals surface area contributed by atoms with Crippen LogP contribution in [0.5, 0.6) is 5.75 Å². The molecule has 2 rings (SSSR count). The average Bonchev–Trinajstić information content (AvgIpc) is 2.49. The molecule has 2 N–H and O–H groups in total. The Bertz CT molecular complexity index is 617. The standard InChI is InChI=1S/C15H13NO4/c1-20-15(19)11-4-2-10(3-5-11)14(18)16-12-6-8-13(17)9-7-12/h2-9,17H,1H3,(H,16,18). The molecule has 0 aliphatic rings. The summed E-state index contributed by atoms with van der Waals surface area (Å²) < 4.78 is 4.58. The zero-order chi connectivity index (χ0) is 14.5. The smallest absolute Gasteiger partial charge is 0.337 e. The summed E-state index contributed by atoms with van der Waals surface area (Å²) >= 11 is 0. The Morgan fingerprint density at radius 1 is 0.950 bits per heavy atom. The van der Waals surface area contributed by atoms with E-state index in [4.69, 9.17) is 5.11 Å². The molecular weight excluding hydrogens is 258 g/mol. The molecule has 5 nitrogen and oxygen atoms in total. The quantitative estimate of drug-likeness (QED) is 0.664. The largest absolute Gasteiger partial charge is 0.508 e. The first-order valence-corrected chi connectivity index (χ1v) is 5.89. The van der Waals surface area contributed by atoms with Gasteiger partial charge in [-0.1, -0.05) is 0 Å². The molecule has 0 saturated carbocycles. The van der Waals surface area contributed by atoms with Gasteiger partial charge in [0.1, 0.15) is 5.75 Å². The summed E-state index contributed by atoms with van der Waals surface area (Å²) in [5, 5.41) is 11.8. The number of methoxy groups -OCH3 is 1. The Morgan fingerprint density at radius 2 is 1.50 bits per heavy atom. The molecule has 0 bridgehead atoms. The van der Waals surface area contributed by atoms with Gasteiger partial charge >= 0.3 is 5.97 Å². The number of amides is 1. The van der Waals surface area contributed by atoms with E-state index in [-0.39, 0.29) is 11.7 Å². The number of nitrogens with one attached hydrogen (secondary N) is 1. The van der Waals surface area contributed by atoms with Gasteiger partial charge in [-0.05, 0) is 48.5 Å². The van der Waals surface area contributed by atoms with Crippen molar-refractivity contribution < 1.29 is 19.4 Å². The van der Waals surface area contributed by atoms with Crippen LogP contribution < -0.4 is 5.32 Å². The SMILES string of the molecule is COC(=O)c1ccc(C(=O)Nc2ccc(O)cc2)cc1. The van der Waals surface area contributed by atoms with Crippen molar-refractivity contribution >= 4 is 17.6 Å². The van der Waals surface area contributed by atoms with Crippen molar-refractivity contribution in [1.29, 1.82) is 0 Å². The zero-order valence-corrected chi connectivity index (χ0v) is 10.8. The minimum Gasteiger partial charge on any atom is -0.508 e. The van der Waals surface area contributed by atoms with Gasteiger partial charge in [0.2, 0.25) is 0 Å². The Labute approximate surface area is 115 Å². The molecule has 102 valence electrons. The van der Waals surface area contributed by atoms with Crippen molar-refractivity contribution in [2.75, 3.05) is 12.4 Å². The Kier molecular flexibility index (Phi) is 4.00. The van der Waals surface area contributed by atoms with Crippen molar-refractivity contribution in [3.63, 3.8) is 0 Å². The van der Waals surface area contributed by atoms with Crippen LogP contribution in [0.2, 0.25) is 0 Å². The number of hydrogen-bond acceptors (Lipinski definition) is 4. The van der Waals surface area contributed by atoms with E-state index in [0.717, 1.165) is 0 Å². The number of carbonyl (C=O) groups excluding carboxylic acids is 2. The predicted molar refractivity (Wildman–Crippen MR) is 73.8 cm³/mol. The molecule has 5 heteroatoms. The van der Waals surface area contributed by atoms with Gasteiger partial charge in [-0.25, -0.2) is 4.79 Å². The molecule has 2 aromatic rings. The second kappa shape index (κ2) is 5.88. The first kappa shape index (κ1) is 13.6. The number of rotatable bonds is 3. The van der Waals surface area contributed by atoms with E-state index in [2.05, 4.69) is 10.1 Å². The van der Waals surface area contributed by atoms with Crippen molar-refractivity contribution in [1.82, 2.24) is 0 Å². The van der Waals surface area contributed by atoms with E-state index in [1.807, 2.05) is 0 Å². The van der Waals surface area contributed by atoms with Crippen LogP contribution in [-0.2, 0) is 4.74 Å². The first-order valence-electron chi connectivity index (χ1n) is 5.89. The monoisotopic (exact) mass is 271 g/mol. The lowest BCUT2D eigenvalue weighted by atomic mass is 10.1. The fourth-order valence-electron chi connectivity index (χ4n) is 1.62. The van der Waals surface area contributed by atoms with Crippen molar-refractivity contribution in [2.24, 2.45) is 0 Å². The van der Waals surface area contributed by atoms with Gasteiger partial charge in [0, 0.05) is 11.3 Å². The molecule has 0 aliphatic heterocycles. The number of esters is 1. The van der Waals surface area contributed by atoms with Crippen LogP contribution in [0, 0.1) is 0 Å². The van der Waals surface area contributed by atoms with E-state index < -0.39 is 5.97 Å². The van der Waals surface area contributed by atoms with E-state index >= 15 is 0 Å². The molecule has 0 fully saturated rings.